The standard InChI is InChI=1S/C16H12ClF3N6S/c17-10-4-3-9(16(18,19)20)7-11(10)27-15-24-12-13(22)23-8-26(14(12)25-15)6-2-1-5-21/h3-4,7-8,22H,1-2,6H2,(H,24,25). The monoisotopic (exact) mass is 412 g/mol. The molecule has 0 bridgehead atoms. The summed E-state index contributed by atoms with van der Waals surface area (Å²) in [4.78, 5) is 11.4. The number of alkyl halides is 3. The molecule has 0 saturated heterocycles. The molecule has 27 heavy (non-hydrogen) atoms. The van der Waals surface area contributed by atoms with Crippen LogP contribution in [0.15, 0.2) is 34.6 Å². The minimum Gasteiger partial charge on any atom is -0.328 e. The van der Waals surface area contributed by atoms with Gasteiger partial charge in [-0.15, -0.1) is 0 Å². The zero-order chi connectivity index (χ0) is 19.6. The van der Waals surface area contributed by atoms with Crippen molar-refractivity contribution in [2.45, 2.75) is 35.6 Å². The van der Waals surface area contributed by atoms with E-state index in [2.05, 4.69) is 15.0 Å². The number of hydrogen-bond donors (Lipinski definition) is 2. The van der Waals surface area contributed by atoms with Gasteiger partial charge in [-0.2, -0.15) is 18.4 Å². The van der Waals surface area contributed by atoms with Gasteiger partial charge in [-0.05, 0) is 24.6 Å². The predicted molar refractivity (Wildman–Crippen MR) is 93.2 cm³/mol. The van der Waals surface area contributed by atoms with Crippen molar-refractivity contribution in [1.82, 2.24) is 19.5 Å². The number of fused-ring (bicyclic) bond motifs is 1. The Hall–Kier alpha value is -2.51. The molecule has 140 valence electrons. The van der Waals surface area contributed by atoms with Crippen molar-refractivity contribution in [3.05, 3.63) is 40.6 Å². The van der Waals surface area contributed by atoms with Crippen LogP contribution in [-0.4, -0.2) is 19.5 Å². The van der Waals surface area contributed by atoms with Gasteiger partial charge in [-0.1, -0.05) is 23.4 Å². The van der Waals surface area contributed by atoms with Gasteiger partial charge < -0.3 is 9.55 Å². The van der Waals surface area contributed by atoms with Crippen molar-refractivity contribution >= 4 is 34.5 Å². The fraction of sp³-hybridized carbons (Fsp3) is 0.250. The van der Waals surface area contributed by atoms with Crippen molar-refractivity contribution in [2.24, 2.45) is 0 Å². The molecule has 6 nitrogen and oxygen atoms in total. The summed E-state index contributed by atoms with van der Waals surface area (Å²) < 4.78 is 40.5. The van der Waals surface area contributed by atoms with Crippen molar-refractivity contribution in [3.8, 4) is 6.07 Å². The first-order chi connectivity index (χ1) is 12.8. The molecule has 0 atom stereocenters. The average Bonchev–Trinajstić information content (AvgIpc) is 3.03. The summed E-state index contributed by atoms with van der Waals surface area (Å²) in [5, 5.41) is 17.0. The third-order valence-corrected chi connectivity index (χ3v) is 5.04. The molecule has 11 heteroatoms. The van der Waals surface area contributed by atoms with Gasteiger partial charge in [0.05, 0.1) is 23.0 Å². The van der Waals surface area contributed by atoms with E-state index in [0.717, 1.165) is 23.9 Å². The third-order valence-electron chi connectivity index (χ3n) is 3.65. The van der Waals surface area contributed by atoms with Gasteiger partial charge in [0.15, 0.2) is 16.3 Å². The van der Waals surface area contributed by atoms with E-state index in [1.54, 1.807) is 4.57 Å². The molecular formula is C16H12ClF3N6S. The van der Waals surface area contributed by atoms with E-state index in [1.165, 1.54) is 12.4 Å². The van der Waals surface area contributed by atoms with Crippen LogP contribution >= 0.6 is 23.4 Å². The zero-order valence-corrected chi connectivity index (χ0v) is 15.2. The van der Waals surface area contributed by atoms with E-state index >= 15 is 0 Å². The molecule has 1 aromatic carbocycles. The smallest absolute Gasteiger partial charge is 0.328 e. The molecule has 0 amide bonds. The predicted octanol–water partition coefficient (Wildman–Crippen LogP) is 4.37. The Labute approximate surface area is 160 Å². The molecular weight excluding hydrogens is 401 g/mol. The van der Waals surface area contributed by atoms with Gasteiger partial charge in [-0.25, -0.2) is 9.97 Å². The topological polar surface area (TPSA) is 94.1 Å². The second-order valence-corrected chi connectivity index (χ2v) is 6.97. The number of aromatic amines is 1. The summed E-state index contributed by atoms with van der Waals surface area (Å²) in [6, 6.07) is 5.11. The highest BCUT2D eigenvalue weighted by Gasteiger charge is 2.31. The summed E-state index contributed by atoms with van der Waals surface area (Å²) >= 11 is 6.97. The summed E-state index contributed by atoms with van der Waals surface area (Å²) in [6.45, 7) is 0.483. The largest absolute Gasteiger partial charge is 0.416 e. The molecule has 2 N–H and O–H groups in total. The van der Waals surface area contributed by atoms with Crippen LogP contribution in [0.3, 0.4) is 0 Å². The molecule has 0 aliphatic rings. The molecule has 2 heterocycles. The van der Waals surface area contributed by atoms with Crippen molar-refractivity contribution in [2.75, 3.05) is 0 Å². The number of halogens is 4. The average molecular weight is 413 g/mol. The summed E-state index contributed by atoms with van der Waals surface area (Å²) in [6.07, 6.45) is -2.07. The number of hydrogen-bond acceptors (Lipinski definition) is 5. The van der Waals surface area contributed by atoms with Crippen LogP contribution in [0.1, 0.15) is 18.4 Å². The Morgan fingerprint density at radius 1 is 1.37 bits per heavy atom. The first-order valence-corrected chi connectivity index (χ1v) is 8.90. The Bertz CT molecular complexity index is 1080. The van der Waals surface area contributed by atoms with Crippen LogP contribution in [0.2, 0.25) is 5.02 Å². The first kappa shape index (κ1) is 19.3. The second kappa shape index (κ2) is 7.62. The fourth-order valence-electron chi connectivity index (χ4n) is 2.36. The van der Waals surface area contributed by atoms with Crippen LogP contribution in [0.5, 0.6) is 0 Å². The van der Waals surface area contributed by atoms with E-state index < -0.39 is 11.7 Å². The molecule has 2 aromatic heterocycles. The molecule has 0 radical (unpaired) electrons. The Balaban J connectivity index is 1.97. The van der Waals surface area contributed by atoms with Crippen LogP contribution in [-0.2, 0) is 12.7 Å². The van der Waals surface area contributed by atoms with Crippen LogP contribution in [0, 0.1) is 16.7 Å². The summed E-state index contributed by atoms with van der Waals surface area (Å²) in [7, 11) is 0. The number of rotatable bonds is 5. The number of aromatic nitrogens is 4. The molecule has 0 aliphatic carbocycles. The van der Waals surface area contributed by atoms with Crippen molar-refractivity contribution in [1.29, 1.82) is 10.7 Å². The van der Waals surface area contributed by atoms with Gasteiger partial charge in [0.25, 0.3) is 0 Å². The van der Waals surface area contributed by atoms with Crippen LogP contribution in [0.4, 0.5) is 13.2 Å². The lowest BCUT2D eigenvalue weighted by molar-refractivity contribution is -0.137. The fourth-order valence-corrected chi connectivity index (χ4v) is 3.44. The normalized spacial score (nSPS) is 11.7. The number of nitrogens with one attached hydrogen (secondary N) is 2. The lowest BCUT2D eigenvalue weighted by Crippen LogP contribution is -2.12. The molecule has 0 aliphatic heterocycles. The van der Waals surface area contributed by atoms with Crippen molar-refractivity contribution < 1.29 is 13.2 Å². The number of nitriles is 1. The molecule has 0 spiro atoms. The van der Waals surface area contributed by atoms with Gasteiger partial charge in [-0.3, -0.25) is 5.41 Å². The second-order valence-electron chi connectivity index (χ2n) is 5.53. The van der Waals surface area contributed by atoms with E-state index in [4.69, 9.17) is 22.3 Å². The quantitative estimate of drug-likeness (QED) is 0.608. The first-order valence-electron chi connectivity index (χ1n) is 7.71. The van der Waals surface area contributed by atoms with Gasteiger partial charge in [0.1, 0.15) is 5.52 Å². The zero-order valence-electron chi connectivity index (χ0n) is 13.6. The molecule has 0 saturated carbocycles. The summed E-state index contributed by atoms with van der Waals surface area (Å²) in [5.74, 6) is 0. The number of aryl methyl sites for hydroxylation is 1. The van der Waals surface area contributed by atoms with E-state index in [1.807, 2.05) is 6.07 Å². The number of unbranched alkanes of at least 4 members (excludes halogenated alkanes) is 1. The SMILES string of the molecule is N#CCCCn1cnc(=N)c2[nH]c(Sc3cc(C(F)(F)F)ccc3Cl)nc21. The molecule has 3 rings (SSSR count). The molecule has 0 unspecified atom stereocenters. The highest BCUT2D eigenvalue weighted by Crippen LogP contribution is 2.37. The van der Waals surface area contributed by atoms with E-state index in [-0.39, 0.29) is 15.4 Å². The maximum absolute atomic E-state index is 12.9. The number of imidazole rings is 1. The number of benzene rings is 1. The van der Waals surface area contributed by atoms with E-state index in [9.17, 15) is 13.2 Å². The maximum atomic E-state index is 12.9. The van der Waals surface area contributed by atoms with E-state index in [0.29, 0.717) is 35.7 Å². The maximum Gasteiger partial charge on any atom is 0.416 e. The van der Waals surface area contributed by atoms with Gasteiger partial charge in [0.2, 0.25) is 0 Å². The Morgan fingerprint density at radius 3 is 2.85 bits per heavy atom. The lowest BCUT2D eigenvalue weighted by atomic mass is 10.2. The lowest BCUT2D eigenvalue weighted by Gasteiger charge is -2.09. The number of H-pyrrole nitrogens is 1. The van der Waals surface area contributed by atoms with Crippen molar-refractivity contribution in [3.63, 3.8) is 0 Å². The summed E-state index contributed by atoms with van der Waals surface area (Å²) in [5.41, 5.74) is -0.0328. The highest BCUT2D eigenvalue weighted by molar-refractivity contribution is 7.99. The number of nitrogens with zero attached hydrogens (tertiary/aromatic N) is 4. The third kappa shape index (κ3) is 4.26. The Morgan fingerprint density at radius 2 is 2.15 bits per heavy atom. The van der Waals surface area contributed by atoms with Gasteiger partial charge >= 0.3 is 6.18 Å². The molecule has 3 aromatic rings. The van der Waals surface area contributed by atoms with Crippen LogP contribution in [0.25, 0.3) is 11.2 Å². The highest BCUT2D eigenvalue weighted by atomic mass is 35.5. The minimum atomic E-state index is -4.48. The van der Waals surface area contributed by atoms with Gasteiger partial charge in [0, 0.05) is 17.9 Å². The minimum absolute atomic E-state index is 0.0315. The Kier molecular flexibility index (Phi) is 5.43. The van der Waals surface area contributed by atoms with Crippen LogP contribution < -0.4 is 5.49 Å². The molecule has 0 fully saturated rings.